The SMILES string of the molecule is CCOc1cc(/C=N/NC(=O)C(=O)Nc2ccccc2CC)cc(Br)c1OCc1c(F)cccc1Cl. The molecule has 0 aromatic heterocycles. The second kappa shape index (κ2) is 13.0. The number of carbonyl (C=O) groups is 2. The molecule has 2 amide bonds. The Hall–Kier alpha value is -3.43. The van der Waals surface area contributed by atoms with E-state index in [0.29, 0.717) is 40.3 Å². The Morgan fingerprint density at radius 3 is 2.58 bits per heavy atom. The van der Waals surface area contributed by atoms with Gasteiger partial charge in [-0.05, 0) is 70.7 Å². The molecule has 3 rings (SSSR count). The van der Waals surface area contributed by atoms with Crippen LogP contribution < -0.4 is 20.2 Å². The molecule has 3 aromatic carbocycles. The molecule has 0 bridgehead atoms. The van der Waals surface area contributed by atoms with Crippen LogP contribution in [0, 0.1) is 5.82 Å². The molecule has 0 atom stereocenters. The van der Waals surface area contributed by atoms with Crippen molar-refractivity contribution >= 4 is 51.2 Å². The predicted octanol–water partition coefficient (Wildman–Crippen LogP) is 5.87. The third-order valence-electron chi connectivity index (χ3n) is 4.99. The minimum absolute atomic E-state index is 0.107. The average molecular weight is 577 g/mol. The first-order valence-electron chi connectivity index (χ1n) is 11.1. The van der Waals surface area contributed by atoms with E-state index in [2.05, 4.69) is 31.8 Å². The summed E-state index contributed by atoms with van der Waals surface area (Å²) in [5, 5.41) is 6.70. The number of para-hydroxylation sites is 1. The van der Waals surface area contributed by atoms with Crippen LogP contribution in [0.2, 0.25) is 5.02 Å². The first-order valence-corrected chi connectivity index (χ1v) is 12.2. The molecule has 0 fully saturated rings. The van der Waals surface area contributed by atoms with E-state index in [-0.39, 0.29) is 17.2 Å². The van der Waals surface area contributed by atoms with Crippen LogP contribution in [-0.2, 0) is 22.6 Å². The fourth-order valence-corrected chi connectivity index (χ4v) is 4.02. The van der Waals surface area contributed by atoms with Gasteiger partial charge < -0.3 is 14.8 Å². The van der Waals surface area contributed by atoms with E-state index in [1.165, 1.54) is 18.3 Å². The highest BCUT2D eigenvalue weighted by Gasteiger charge is 2.16. The lowest BCUT2D eigenvalue weighted by Gasteiger charge is -2.15. The standard InChI is InChI=1S/C26H24BrClFN3O4/c1-3-17-8-5-6-11-22(17)31-25(33)26(34)32-30-14-16-12-19(27)24(23(13-16)35-4-2)36-15-18-20(28)9-7-10-21(18)29/h5-14H,3-4,15H2,1-2H3,(H,31,33)(H,32,34)/b30-14+. The Kier molecular flexibility index (Phi) is 9.84. The number of ether oxygens (including phenoxy) is 2. The first kappa shape index (κ1) is 27.2. The highest BCUT2D eigenvalue weighted by Crippen LogP contribution is 2.37. The van der Waals surface area contributed by atoms with E-state index in [1.807, 2.05) is 26.0 Å². The molecule has 2 N–H and O–H groups in total. The zero-order chi connectivity index (χ0) is 26.1. The molecule has 10 heteroatoms. The van der Waals surface area contributed by atoms with Crippen molar-refractivity contribution in [2.45, 2.75) is 26.9 Å². The monoisotopic (exact) mass is 575 g/mol. The normalized spacial score (nSPS) is 10.8. The highest BCUT2D eigenvalue weighted by molar-refractivity contribution is 9.10. The summed E-state index contributed by atoms with van der Waals surface area (Å²) in [6.07, 6.45) is 2.07. The molecular weight excluding hydrogens is 553 g/mol. The number of aryl methyl sites for hydroxylation is 1. The number of hydrogen-bond acceptors (Lipinski definition) is 5. The van der Waals surface area contributed by atoms with Gasteiger partial charge in [-0.15, -0.1) is 0 Å². The lowest BCUT2D eigenvalue weighted by Crippen LogP contribution is -2.32. The van der Waals surface area contributed by atoms with Crippen LogP contribution in [0.15, 0.2) is 64.2 Å². The largest absolute Gasteiger partial charge is 0.490 e. The van der Waals surface area contributed by atoms with E-state index in [9.17, 15) is 14.0 Å². The van der Waals surface area contributed by atoms with Gasteiger partial charge in [-0.25, -0.2) is 9.82 Å². The molecule has 0 saturated heterocycles. The summed E-state index contributed by atoms with van der Waals surface area (Å²) in [7, 11) is 0. The maximum atomic E-state index is 14.1. The maximum Gasteiger partial charge on any atom is 0.329 e. The average Bonchev–Trinajstić information content (AvgIpc) is 2.85. The summed E-state index contributed by atoms with van der Waals surface area (Å²) < 4.78 is 26.1. The number of nitrogens with zero attached hydrogens (tertiary/aromatic N) is 1. The summed E-state index contributed by atoms with van der Waals surface area (Å²) >= 11 is 9.51. The summed E-state index contributed by atoms with van der Waals surface area (Å²) in [4.78, 5) is 24.4. The molecule has 0 aliphatic rings. The van der Waals surface area contributed by atoms with Gasteiger partial charge in [-0.2, -0.15) is 5.10 Å². The summed E-state index contributed by atoms with van der Waals surface area (Å²) in [6.45, 7) is 4.00. The van der Waals surface area contributed by atoms with E-state index in [0.717, 1.165) is 5.56 Å². The Labute approximate surface area is 221 Å². The van der Waals surface area contributed by atoms with Crippen molar-refractivity contribution in [3.05, 3.63) is 86.6 Å². The molecule has 0 spiro atoms. The first-order chi connectivity index (χ1) is 17.3. The summed E-state index contributed by atoms with van der Waals surface area (Å²) in [6, 6.07) is 15.0. The van der Waals surface area contributed by atoms with Crippen LogP contribution in [0.4, 0.5) is 10.1 Å². The number of hydrazone groups is 1. The van der Waals surface area contributed by atoms with Crippen LogP contribution in [0.5, 0.6) is 11.5 Å². The Morgan fingerprint density at radius 1 is 1.08 bits per heavy atom. The van der Waals surface area contributed by atoms with Crippen molar-refractivity contribution in [3.8, 4) is 11.5 Å². The van der Waals surface area contributed by atoms with Crippen molar-refractivity contribution in [2.24, 2.45) is 5.10 Å². The van der Waals surface area contributed by atoms with E-state index >= 15 is 0 Å². The van der Waals surface area contributed by atoms with E-state index < -0.39 is 17.6 Å². The molecule has 0 radical (unpaired) electrons. The minimum atomic E-state index is -0.914. The number of nitrogens with one attached hydrogen (secondary N) is 2. The number of hydrogen-bond donors (Lipinski definition) is 2. The minimum Gasteiger partial charge on any atom is -0.490 e. The van der Waals surface area contributed by atoms with Gasteiger partial charge in [-0.1, -0.05) is 42.8 Å². The number of halogens is 3. The van der Waals surface area contributed by atoms with Gasteiger partial charge in [0, 0.05) is 11.3 Å². The smallest absolute Gasteiger partial charge is 0.329 e. The van der Waals surface area contributed by atoms with E-state index in [4.69, 9.17) is 21.1 Å². The Balaban J connectivity index is 1.68. The van der Waals surface area contributed by atoms with Crippen molar-refractivity contribution in [3.63, 3.8) is 0 Å². The molecule has 0 aliphatic heterocycles. The molecular formula is C26H24BrClFN3O4. The molecule has 36 heavy (non-hydrogen) atoms. The van der Waals surface area contributed by atoms with Crippen LogP contribution in [0.1, 0.15) is 30.5 Å². The molecule has 7 nitrogen and oxygen atoms in total. The van der Waals surface area contributed by atoms with Gasteiger partial charge in [0.25, 0.3) is 0 Å². The second-order valence-electron chi connectivity index (χ2n) is 7.42. The Bertz CT molecular complexity index is 1270. The molecule has 0 heterocycles. The number of carbonyl (C=O) groups excluding carboxylic acids is 2. The topological polar surface area (TPSA) is 89.0 Å². The molecule has 0 aliphatic carbocycles. The van der Waals surface area contributed by atoms with Gasteiger partial charge in [0.05, 0.1) is 22.3 Å². The quantitative estimate of drug-likeness (QED) is 0.189. The van der Waals surface area contributed by atoms with Crippen molar-refractivity contribution < 1.29 is 23.5 Å². The van der Waals surface area contributed by atoms with Crippen LogP contribution >= 0.6 is 27.5 Å². The van der Waals surface area contributed by atoms with Crippen molar-refractivity contribution in [1.82, 2.24) is 5.43 Å². The van der Waals surface area contributed by atoms with Crippen LogP contribution in [0.25, 0.3) is 0 Å². The van der Waals surface area contributed by atoms with Crippen LogP contribution in [-0.4, -0.2) is 24.6 Å². The van der Waals surface area contributed by atoms with Crippen molar-refractivity contribution in [1.29, 1.82) is 0 Å². The Morgan fingerprint density at radius 2 is 1.86 bits per heavy atom. The molecule has 0 unspecified atom stereocenters. The summed E-state index contributed by atoms with van der Waals surface area (Å²) in [5.41, 5.74) is 4.47. The summed E-state index contributed by atoms with van der Waals surface area (Å²) in [5.74, 6) is -1.49. The maximum absolute atomic E-state index is 14.1. The molecule has 188 valence electrons. The van der Waals surface area contributed by atoms with E-state index in [1.54, 1.807) is 30.3 Å². The lowest BCUT2D eigenvalue weighted by molar-refractivity contribution is -0.136. The van der Waals surface area contributed by atoms with Gasteiger partial charge in [0.2, 0.25) is 0 Å². The van der Waals surface area contributed by atoms with Crippen molar-refractivity contribution in [2.75, 3.05) is 11.9 Å². The number of rotatable bonds is 9. The molecule has 0 saturated carbocycles. The fourth-order valence-electron chi connectivity index (χ4n) is 3.23. The van der Waals surface area contributed by atoms with Gasteiger partial charge in [0.1, 0.15) is 12.4 Å². The second-order valence-corrected chi connectivity index (χ2v) is 8.68. The van der Waals surface area contributed by atoms with Gasteiger partial charge in [0.15, 0.2) is 11.5 Å². The fraction of sp³-hybridized carbons (Fsp3) is 0.192. The zero-order valence-electron chi connectivity index (χ0n) is 19.6. The highest BCUT2D eigenvalue weighted by atomic mass is 79.9. The third-order valence-corrected chi connectivity index (χ3v) is 5.93. The van der Waals surface area contributed by atoms with Gasteiger partial charge >= 0.3 is 11.8 Å². The number of amides is 2. The zero-order valence-corrected chi connectivity index (χ0v) is 22.0. The predicted molar refractivity (Wildman–Crippen MR) is 141 cm³/mol. The number of anilines is 1. The third kappa shape index (κ3) is 7.05. The van der Waals surface area contributed by atoms with Crippen LogP contribution in [0.3, 0.4) is 0 Å². The molecule has 3 aromatic rings. The lowest BCUT2D eigenvalue weighted by atomic mass is 10.1. The van der Waals surface area contributed by atoms with Gasteiger partial charge in [-0.3, -0.25) is 9.59 Å². The number of benzene rings is 3.